The van der Waals surface area contributed by atoms with Crippen LogP contribution in [0.15, 0.2) is 48.5 Å². The van der Waals surface area contributed by atoms with E-state index in [1.807, 2.05) is 24.3 Å². The largest absolute Gasteiger partial charge is 0.372 e. The second kappa shape index (κ2) is 8.41. The summed E-state index contributed by atoms with van der Waals surface area (Å²) >= 11 is 5.89. The number of sulfonamides is 1. The summed E-state index contributed by atoms with van der Waals surface area (Å²) in [5, 5.41) is 3.30. The molecular weight excluding hydrogens is 398 g/mol. The van der Waals surface area contributed by atoms with Crippen molar-refractivity contribution in [3.8, 4) is 0 Å². The van der Waals surface area contributed by atoms with Crippen LogP contribution >= 0.6 is 11.6 Å². The summed E-state index contributed by atoms with van der Waals surface area (Å²) in [6, 6.07) is 13.0. The highest BCUT2D eigenvalue weighted by molar-refractivity contribution is 7.92. The number of benzene rings is 2. The molecule has 1 unspecified atom stereocenters. The number of nitrogens with one attached hydrogen (secondary N) is 1. The van der Waals surface area contributed by atoms with Gasteiger partial charge in [-0.15, -0.1) is 0 Å². The molecule has 1 amide bonds. The smallest absolute Gasteiger partial charge is 0.247 e. The first-order valence-electron chi connectivity index (χ1n) is 9.16. The van der Waals surface area contributed by atoms with Gasteiger partial charge in [0.2, 0.25) is 15.9 Å². The number of amides is 1. The third-order valence-electron chi connectivity index (χ3n) is 4.78. The van der Waals surface area contributed by atoms with Gasteiger partial charge in [0.1, 0.15) is 6.04 Å². The number of carbonyl (C=O) groups excluding carboxylic acids is 1. The van der Waals surface area contributed by atoms with Crippen LogP contribution in [0.4, 0.5) is 17.1 Å². The van der Waals surface area contributed by atoms with Crippen molar-refractivity contribution in [2.75, 3.05) is 33.9 Å². The maximum absolute atomic E-state index is 12.7. The zero-order chi connectivity index (χ0) is 20.3. The molecule has 0 bridgehead atoms. The molecule has 3 rings (SSSR count). The molecule has 28 heavy (non-hydrogen) atoms. The predicted octanol–water partition coefficient (Wildman–Crippen LogP) is 3.73. The van der Waals surface area contributed by atoms with Crippen molar-refractivity contribution >= 4 is 44.6 Å². The minimum atomic E-state index is -3.66. The van der Waals surface area contributed by atoms with E-state index in [2.05, 4.69) is 10.2 Å². The normalized spacial score (nSPS) is 15.3. The molecule has 150 valence electrons. The maximum Gasteiger partial charge on any atom is 0.247 e. The monoisotopic (exact) mass is 421 g/mol. The van der Waals surface area contributed by atoms with E-state index in [1.54, 1.807) is 31.2 Å². The third-order valence-corrected chi connectivity index (χ3v) is 6.27. The predicted molar refractivity (Wildman–Crippen MR) is 115 cm³/mol. The Bertz CT molecular complexity index is 924. The Morgan fingerprint density at radius 3 is 2.18 bits per heavy atom. The van der Waals surface area contributed by atoms with Crippen LogP contribution in [-0.4, -0.2) is 39.7 Å². The molecule has 8 heteroatoms. The average molecular weight is 422 g/mol. The van der Waals surface area contributed by atoms with Crippen LogP contribution in [0.3, 0.4) is 0 Å². The van der Waals surface area contributed by atoms with Crippen LogP contribution in [0.2, 0.25) is 5.02 Å². The van der Waals surface area contributed by atoms with E-state index < -0.39 is 22.0 Å². The molecule has 1 fully saturated rings. The quantitative estimate of drug-likeness (QED) is 0.771. The highest BCUT2D eigenvalue weighted by Crippen LogP contribution is 2.25. The number of halogens is 1. The summed E-state index contributed by atoms with van der Waals surface area (Å²) in [4.78, 5) is 15.0. The van der Waals surface area contributed by atoms with Crippen molar-refractivity contribution in [2.24, 2.45) is 0 Å². The fourth-order valence-corrected chi connectivity index (χ4v) is 4.68. The highest BCUT2D eigenvalue weighted by atomic mass is 35.5. The average Bonchev–Trinajstić information content (AvgIpc) is 3.17. The Balaban J connectivity index is 1.75. The molecule has 1 aliphatic heterocycles. The fraction of sp³-hybridized carbons (Fsp3) is 0.350. The molecule has 1 aliphatic rings. The minimum Gasteiger partial charge on any atom is -0.372 e. The summed E-state index contributed by atoms with van der Waals surface area (Å²) in [5.74, 6) is -0.408. The Hall–Kier alpha value is -2.25. The molecule has 2 aromatic carbocycles. The van der Waals surface area contributed by atoms with Crippen molar-refractivity contribution in [1.82, 2.24) is 0 Å². The lowest BCUT2D eigenvalue weighted by molar-refractivity contribution is -0.116. The molecule has 1 saturated heterocycles. The SMILES string of the molecule is CC(C(=O)Nc1ccc(N2CCCC2)cc1)N(c1ccc(Cl)cc1)S(C)(=O)=O. The maximum atomic E-state index is 12.7. The number of carbonyl (C=O) groups is 1. The van der Waals surface area contributed by atoms with Crippen LogP contribution < -0.4 is 14.5 Å². The summed E-state index contributed by atoms with van der Waals surface area (Å²) < 4.78 is 25.7. The van der Waals surface area contributed by atoms with E-state index >= 15 is 0 Å². The molecule has 0 aliphatic carbocycles. The first-order valence-corrected chi connectivity index (χ1v) is 11.4. The summed E-state index contributed by atoms with van der Waals surface area (Å²) in [6.45, 7) is 3.66. The van der Waals surface area contributed by atoms with Crippen molar-refractivity contribution < 1.29 is 13.2 Å². The molecule has 1 heterocycles. The van der Waals surface area contributed by atoms with E-state index in [0.29, 0.717) is 16.4 Å². The van der Waals surface area contributed by atoms with Crippen LogP contribution in [0, 0.1) is 0 Å². The molecule has 6 nitrogen and oxygen atoms in total. The van der Waals surface area contributed by atoms with E-state index in [0.717, 1.165) is 29.3 Å². The van der Waals surface area contributed by atoms with Gasteiger partial charge in [-0.1, -0.05) is 11.6 Å². The highest BCUT2D eigenvalue weighted by Gasteiger charge is 2.29. The first kappa shape index (κ1) is 20.5. The van der Waals surface area contributed by atoms with Gasteiger partial charge in [0, 0.05) is 29.5 Å². The second-order valence-corrected chi connectivity index (χ2v) is 9.24. The molecule has 0 spiro atoms. The molecule has 2 aromatic rings. The Morgan fingerprint density at radius 2 is 1.64 bits per heavy atom. The van der Waals surface area contributed by atoms with Gasteiger partial charge in [-0.3, -0.25) is 9.10 Å². The molecule has 1 atom stereocenters. The van der Waals surface area contributed by atoms with Gasteiger partial charge < -0.3 is 10.2 Å². The van der Waals surface area contributed by atoms with Crippen LogP contribution in [-0.2, 0) is 14.8 Å². The van der Waals surface area contributed by atoms with Crippen LogP contribution in [0.25, 0.3) is 0 Å². The molecular formula is C20H24ClN3O3S. The zero-order valence-corrected chi connectivity index (χ0v) is 17.5. The van der Waals surface area contributed by atoms with Crippen molar-refractivity contribution in [2.45, 2.75) is 25.8 Å². The standard InChI is InChI=1S/C20H24ClN3O3S/c1-15(24(28(2,26)27)19-9-5-16(21)6-10-19)20(25)22-17-7-11-18(12-8-17)23-13-3-4-14-23/h5-12,15H,3-4,13-14H2,1-2H3,(H,22,25). The third kappa shape index (κ3) is 4.77. The van der Waals surface area contributed by atoms with E-state index in [9.17, 15) is 13.2 Å². The Morgan fingerprint density at radius 1 is 1.07 bits per heavy atom. The van der Waals surface area contributed by atoms with Gasteiger partial charge in [0.15, 0.2) is 0 Å². The number of hydrogen-bond donors (Lipinski definition) is 1. The van der Waals surface area contributed by atoms with Crippen molar-refractivity contribution in [3.63, 3.8) is 0 Å². The topological polar surface area (TPSA) is 69.7 Å². The lowest BCUT2D eigenvalue weighted by Gasteiger charge is -2.28. The molecule has 1 N–H and O–H groups in total. The van der Waals surface area contributed by atoms with E-state index in [1.165, 1.54) is 12.8 Å². The minimum absolute atomic E-state index is 0.388. The first-order chi connectivity index (χ1) is 13.3. The lowest BCUT2D eigenvalue weighted by Crippen LogP contribution is -2.45. The summed E-state index contributed by atoms with van der Waals surface area (Å²) in [6.07, 6.45) is 3.47. The van der Waals surface area contributed by atoms with Gasteiger partial charge in [-0.2, -0.15) is 0 Å². The van der Waals surface area contributed by atoms with Crippen molar-refractivity contribution in [1.29, 1.82) is 0 Å². The Kier molecular flexibility index (Phi) is 6.15. The molecule has 0 saturated carbocycles. The molecule has 0 aromatic heterocycles. The fourth-order valence-electron chi connectivity index (χ4n) is 3.37. The van der Waals surface area contributed by atoms with Crippen molar-refractivity contribution in [3.05, 3.63) is 53.6 Å². The van der Waals surface area contributed by atoms with Crippen LogP contribution in [0.1, 0.15) is 19.8 Å². The molecule has 0 radical (unpaired) electrons. The number of anilines is 3. The zero-order valence-electron chi connectivity index (χ0n) is 15.9. The number of rotatable bonds is 6. The van der Waals surface area contributed by atoms with Gasteiger partial charge in [0.25, 0.3) is 0 Å². The number of hydrogen-bond acceptors (Lipinski definition) is 4. The van der Waals surface area contributed by atoms with Gasteiger partial charge in [-0.25, -0.2) is 8.42 Å². The van der Waals surface area contributed by atoms with E-state index in [-0.39, 0.29) is 0 Å². The van der Waals surface area contributed by atoms with Gasteiger partial charge in [-0.05, 0) is 68.3 Å². The Labute approximate surface area is 171 Å². The summed E-state index contributed by atoms with van der Waals surface area (Å²) in [7, 11) is -3.66. The van der Waals surface area contributed by atoms with Gasteiger partial charge >= 0.3 is 0 Å². The van der Waals surface area contributed by atoms with Gasteiger partial charge in [0.05, 0.1) is 11.9 Å². The second-order valence-electron chi connectivity index (χ2n) is 6.94. The van der Waals surface area contributed by atoms with Crippen LogP contribution in [0.5, 0.6) is 0 Å². The lowest BCUT2D eigenvalue weighted by atomic mass is 10.2. The summed E-state index contributed by atoms with van der Waals surface area (Å²) in [5.41, 5.74) is 2.14. The van der Waals surface area contributed by atoms with E-state index in [4.69, 9.17) is 11.6 Å². The number of nitrogens with zero attached hydrogens (tertiary/aromatic N) is 2.